The zero-order valence-electron chi connectivity index (χ0n) is 12.3. The summed E-state index contributed by atoms with van der Waals surface area (Å²) in [5.41, 5.74) is 0. The minimum Gasteiger partial charge on any atom is -0.464 e. The van der Waals surface area contributed by atoms with Crippen LogP contribution in [-0.2, 0) is 21.2 Å². The van der Waals surface area contributed by atoms with Gasteiger partial charge in [-0.25, -0.2) is 8.42 Å². The zero-order chi connectivity index (χ0) is 15.1. The lowest BCUT2D eigenvalue weighted by atomic mass is 10.3. The Morgan fingerprint density at radius 1 is 1.50 bits per heavy atom. The Balaban J connectivity index is 1.99. The molecule has 0 bridgehead atoms. The normalized spacial score (nSPS) is 23.4. The lowest BCUT2D eigenvalue weighted by molar-refractivity contribution is -0.129. The molecular formula is C14H21NO4S. The number of hydrogen-bond acceptors (Lipinski definition) is 4. The molecule has 1 aromatic heterocycles. The van der Waals surface area contributed by atoms with Crippen LogP contribution >= 0.6 is 0 Å². The molecule has 0 saturated heterocycles. The number of amides is 1. The fourth-order valence-corrected chi connectivity index (χ4v) is 2.75. The Kier molecular flexibility index (Phi) is 3.95. The van der Waals surface area contributed by atoms with Gasteiger partial charge in [-0.3, -0.25) is 4.79 Å². The molecule has 1 fully saturated rings. The summed E-state index contributed by atoms with van der Waals surface area (Å²) < 4.78 is 28.5. The van der Waals surface area contributed by atoms with E-state index < -0.39 is 21.0 Å². The van der Waals surface area contributed by atoms with Gasteiger partial charge in [-0.15, -0.1) is 0 Å². The lowest BCUT2D eigenvalue weighted by Gasteiger charge is -2.19. The van der Waals surface area contributed by atoms with E-state index in [0.29, 0.717) is 24.1 Å². The molecule has 3 atom stereocenters. The van der Waals surface area contributed by atoms with E-state index in [1.165, 1.54) is 11.8 Å². The van der Waals surface area contributed by atoms with Gasteiger partial charge in [0.1, 0.15) is 16.8 Å². The van der Waals surface area contributed by atoms with Crippen molar-refractivity contribution in [3.8, 4) is 0 Å². The van der Waals surface area contributed by atoms with Crippen molar-refractivity contribution < 1.29 is 17.6 Å². The van der Waals surface area contributed by atoms with E-state index in [1.807, 2.05) is 12.1 Å². The van der Waals surface area contributed by atoms with Crippen molar-refractivity contribution in [1.29, 1.82) is 0 Å². The van der Waals surface area contributed by atoms with Crippen LogP contribution in [0.15, 0.2) is 16.5 Å². The number of sulfone groups is 1. The van der Waals surface area contributed by atoms with Gasteiger partial charge in [-0.2, -0.15) is 0 Å². The second kappa shape index (κ2) is 5.24. The molecule has 5 nitrogen and oxygen atoms in total. The highest BCUT2D eigenvalue weighted by Gasteiger charge is 2.36. The van der Waals surface area contributed by atoms with E-state index in [4.69, 9.17) is 4.42 Å². The number of nitrogens with zero attached hydrogens (tertiary/aromatic N) is 1. The van der Waals surface area contributed by atoms with Crippen LogP contribution in [0.4, 0.5) is 0 Å². The maximum Gasteiger partial charge on any atom is 0.240 e. The second-order valence-electron chi connectivity index (χ2n) is 5.79. The largest absolute Gasteiger partial charge is 0.464 e. The highest BCUT2D eigenvalue weighted by molar-refractivity contribution is 7.92. The Bertz CT molecular complexity index is 604. The first-order valence-electron chi connectivity index (χ1n) is 6.72. The zero-order valence-corrected chi connectivity index (χ0v) is 13.1. The average Bonchev–Trinajstić information content (AvgIpc) is 2.89. The van der Waals surface area contributed by atoms with Crippen molar-refractivity contribution in [2.45, 2.75) is 38.0 Å². The third-order valence-corrected chi connectivity index (χ3v) is 5.40. The summed E-state index contributed by atoms with van der Waals surface area (Å²) in [6.07, 6.45) is 2.22. The Labute approximate surface area is 119 Å². The average molecular weight is 299 g/mol. The van der Waals surface area contributed by atoms with Crippen LogP contribution in [0.2, 0.25) is 0 Å². The first-order chi connectivity index (χ1) is 9.20. The Morgan fingerprint density at radius 3 is 2.60 bits per heavy atom. The predicted octanol–water partition coefficient (Wildman–Crippen LogP) is 1.79. The Hall–Kier alpha value is -1.30. The molecule has 1 aliphatic carbocycles. The first kappa shape index (κ1) is 15.1. The molecule has 0 aliphatic heterocycles. The SMILES string of the molecule is C[C@@H]1C[C@@H]1c1ccc(CN(C)C(=O)[C@H](C)S(C)(=O)=O)o1. The fraction of sp³-hybridized carbons (Fsp3) is 0.643. The van der Waals surface area contributed by atoms with Gasteiger partial charge in [-0.05, 0) is 31.4 Å². The van der Waals surface area contributed by atoms with Crippen LogP contribution in [0, 0.1) is 5.92 Å². The van der Waals surface area contributed by atoms with Gasteiger partial charge in [0.25, 0.3) is 0 Å². The molecule has 1 aromatic rings. The van der Waals surface area contributed by atoms with Crippen molar-refractivity contribution in [2.75, 3.05) is 13.3 Å². The van der Waals surface area contributed by atoms with Crippen LogP contribution in [0.25, 0.3) is 0 Å². The van der Waals surface area contributed by atoms with E-state index in [2.05, 4.69) is 6.92 Å². The summed E-state index contributed by atoms with van der Waals surface area (Å²) >= 11 is 0. The summed E-state index contributed by atoms with van der Waals surface area (Å²) in [5, 5.41) is -1.02. The third-order valence-electron chi connectivity index (χ3n) is 3.92. The van der Waals surface area contributed by atoms with E-state index in [1.54, 1.807) is 7.05 Å². The van der Waals surface area contributed by atoms with Crippen molar-refractivity contribution in [3.05, 3.63) is 23.7 Å². The fourth-order valence-electron chi connectivity index (χ4n) is 2.20. The highest BCUT2D eigenvalue weighted by Crippen LogP contribution is 2.47. The van der Waals surface area contributed by atoms with Gasteiger partial charge >= 0.3 is 0 Å². The van der Waals surface area contributed by atoms with Gasteiger partial charge in [0.2, 0.25) is 5.91 Å². The van der Waals surface area contributed by atoms with E-state index >= 15 is 0 Å². The number of hydrogen-bond donors (Lipinski definition) is 0. The summed E-state index contributed by atoms with van der Waals surface area (Å²) in [5.74, 6) is 2.41. The van der Waals surface area contributed by atoms with Crippen LogP contribution in [-0.4, -0.2) is 37.8 Å². The molecule has 2 rings (SSSR count). The van der Waals surface area contributed by atoms with Crippen LogP contribution in [0.1, 0.15) is 37.7 Å². The smallest absolute Gasteiger partial charge is 0.240 e. The molecule has 1 heterocycles. The van der Waals surface area contributed by atoms with Gasteiger partial charge in [-0.1, -0.05) is 6.92 Å². The summed E-state index contributed by atoms with van der Waals surface area (Å²) in [6, 6.07) is 3.80. The summed E-state index contributed by atoms with van der Waals surface area (Å²) in [4.78, 5) is 13.4. The summed E-state index contributed by atoms with van der Waals surface area (Å²) in [6.45, 7) is 3.88. The van der Waals surface area contributed by atoms with E-state index in [0.717, 1.165) is 18.4 Å². The molecule has 6 heteroatoms. The Morgan fingerprint density at radius 2 is 2.10 bits per heavy atom. The van der Waals surface area contributed by atoms with Crippen molar-refractivity contribution in [2.24, 2.45) is 5.92 Å². The van der Waals surface area contributed by atoms with Gasteiger partial charge in [0, 0.05) is 19.2 Å². The molecule has 20 heavy (non-hydrogen) atoms. The van der Waals surface area contributed by atoms with Crippen molar-refractivity contribution in [1.82, 2.24) is 4.90 Å². The second-order valence-corrected chi connectivity index (χ2v) is 8.16. The molecule has 0 radical (unpaired) electrons. The molecule has 1 saturated carbocycles. The maximum atomic E-state index is 12.0. The standard InChI is InChI=1S/C14H21NO4S/c1-9-7-12(9)13-6-5-11(19-13)8-15(3)14(16)10(2)20(4,17)18/h5-6,9-10,12H,7-8H2,1-4H3/t9-,10+,12+/m1/s1. The molecular weight excluding hydrogens is 278 g/mol. The maximum absolute atomic E-state index is 12.0. The lowest BCUT2D eigenvalue weighted by Crippen LogP contribution is -2.38. The minimum atomic E-state index is -3.37. The number of furan rings is 1. The molecule has 0 spiro atoms. The topological polar surface area (TPSA) is 67.6 Å². The van der Waals surface area contributed by atoms with E-state index in [9.17, 15) is 13.2 Å². The third kappa shape index (κ3) is 3.23. The summed E-state index contributed by atoms with van der Waals surface area (Å²) in [7, 11) is -1.78. The van der Waals surface area contributed by atoms with Gasteiger partial charge < -0.3 is 9.32 Å². The first-order valence-corrected chi connectivity index (χ1v) is 8.68. The number of carbonyl (C=O) groups excluding carboxylic acids is 1. The van der Waals surface area contributed by atoms with Crippen LogP contribution in [0.5, 0.6) is 0 Å². The monoisotopic (exact) mass is 299 g/mol. The molecule has 1 amide bonds. The van der Waals surface area contributed by atoms with Crippen molar-refractivity contribution >= 4 is 15.7 Å². The van der Waals surface area contributed by atoms with E-state index in [-0.39, 0.29) is 0 Å². The van der Waals surface area contributed by atoms with Crippen molar-refractivity contribution in [3.63, 3.8) is 0 Å². The molecule has 112 valence electrons. The number of rotatable bonds is 5. The van der Waals surface area contributed by atoms with Gasteiger partial charge in [0.05, 0.1) is 6.54 Å². The highest BCUT2D eigenvalue weighted by atomic mass is 32.2. The van der Waals surface area contributed by atoms with Crippen LogP contribution in [0.3, 0.4) is 0 Å². The quantitative estimate of drug-likeness (QED) is 0.831. The minimum absolute atomic E-state index is 0.291. The van der Waals surface area contributed by atoms with Crippen LogP contribution < -0.4 is 0 Å². The molecule has 0 unspecified atom stereocenters. The molecule has 1 aliphatic rings. The molecule has 0 N–H and O–H groups in total. The van der Waals surface area contributed by atoms with Gasteiger partial charge in [0.15, 0.2) is 9.84 Å². The number of carbonyl (C=O) groups is 1. The molecule has 0 aromatic carbocycles. The predicted molar refractivity (Wildman–Crippen MR) is 76.0 cm³/mol.